The Balaban J connectivity index is 2.11. The molecule has 1 aliphatic rings. The van der Waals surface area contributed by atoms with Gasteiger partial charge in [0.05, 0.1) is 22.9 Å². The SMILES string of the molecule is NCc1cccc(SC2CS(=O)(=O)CC2O)c1. The number of thioether (sulfide) groups is 1. The normalized spacial score (nSPS) is 27.2. The smallest absolute Gasteiger partial charge is 0.154 e. The Bertz CT molecular complexity index is 501. The highest BCUT2D eigenvalue weighted by Gasteiger charge is 2.36. The molecule has 0 aromatic heterocycles. The van der Waals surface area contributed by atoms with Crippen LogP contribution in [-0.4, -0.2) is 36.4 Å². The van der Waals surface area contributed by atoms with E-state index in [1.807, 2.05) is 24.3 Å². The highest BCUT2D eigenvalue weighted by Crippen LogP contribution is 2.31. The van der Waals surface area contributed by atoms with Crippen LogP contribution in [0.4, 0.5) is 0 Å². The summed E-state index contributed by atoms with van der Waals surface area (Å²) in [6, 6.07) is 7.65. The summed E-state index contributed by atoms with van der Waals surface area (Å²) >= 11 is 1.41. The third-order valence-electron chi connectivity index (χ3n) is 2.69. The molecule has 0 amide bonds. The van der Waals surface area contributed by atoms with E-state index in [1.165, 1.54) is 11.8 Å². The first kappa shape index (κ1) is 12.9. The van der Waals surface area contributed by atoms with Crippen molar-refractivity contribution >= 4 is 21.6 Å². The number of hydrogen-bond donors (Lipinski definition) is 2. The summed E-state index contributed by atoms with van der Waals surface area (Å²) in [6.45, 7) is 0.458. The van der Waals surface area contributed by atoms with Gasteiger partial charge in [-0.2, -0.15) is 0 Å². The van der Waals surface area contributed by atoms with Crippen molar-refractivity contribution in [2.24, 2.45) is 5.73 Å². The van der Waals surface area contributed by atoms with Crippen molar-refractivity contribution in [1.29, 1.82) is 0 Å². The minimum absolute atomic E-state index is 0.0473. The predicted molar refractivity (Wildman–Crippen MR) is 68.6 cm³/mol. The van der Waals surface area contributed by atoms with Gasteiger partial charge in [0, 0.05) is 11.4 Å². The summed E-state index contributed by atoms with van der Waals surface area (Å²) in [7, 11) is -3.08. The molecule has 1 aromatic rings. The van der Waals surface area contributed by atoms with E-state index in [-0.39, 0.29) is 16.8 Å². The molecule has 6 heteroatoms. The van der Waals surface area contributed by atoms with E-state index in [2.05, 4.69) is 0 Å². The van der Waals surface area contributed by atoms with E-state index in [0.29, 0.717) is 6.54 Å². The Kier molecular flexibility index (Phi) is 3.77. The molecule has 1 aromatic carbocycles. The average Bonchev–Trinajstić information content (AvgIpc) is 2.52. The van der Waals surface area contributed by atoms with Crippen LogP contribution in [0.1, 0.15) is 5.56 Å². The first-order valence-electron chi connectivity index (χ1n) is 5.34. The molecule has 17 heavy (non-hydrogen) atoms. The van der Waals surface area contributed by atoms with Crippen LogP contribution < -0.4 is 5.73 Å². The van der Waals surface area contributed by atoms with Gasteiger partial charge in [0.1, 0.15) is 0 Å². The van der Waals surface area contributed by atoms with Gasteiger partial charge >= 0.3 is 0 Å². The average molecular weight is 273 g/mol. The van der Waals surface area contributed by atoms with E-state index in [4.69, 9.17) is 5.73 Å². The Morgan fingerprint density at radius 3 is 2.76 bits per heavy atom. The van der Waals surface area contributed by atoms with Gasteiger partial charge in [0.25, 0.3) is 0 Å². The lowest BCUT2D eigenvalue weighted by Crippen LogP contribution is -2.19. The molecule has 0 spiro atoms. The number of nitrogens with two attached hydrogens (primary N) is 1. The Morgan fingerprint density at radius 1 is 1.41 bits per heavy atom. The van der Waals surface area contributed by atoms with Crippen molar-refractivity contribution in [3.63, 3.8) is 0 Å². The number of aliphatic hydroxyl groups excluding tert-OH is 1. The van der Waals surface area contributed by atoms with Gasteiger partial charge < -0.3 is 10.8 Å². The fourth-order valence-corrected chi connectivity index (χ4v) is 5.44. The second kappa shape index (κ2) is 4.97. The van der Waals surface area contributed by atoms with Crippen LogP contribution in [0, 0.1) is 0 Å². The highest BCUT2D eigenvalue weighted by atomic mass is 32.2. The molecule has 1 aliphatic heterocycles. The predicted octanol–water partition coefficient (Wildman–Crippen LogP) is 0.395. The van der Waals surface area contributed by atoms with Crippen LogP contribution in [0.25, 0.3) is 0 Å². The summed E-state index contributed by atoms with van der Waals surface area (Å²) in [5.41, 5.74) is 6.55. The van der Waals surface area contributed by atoms with Crippen LogP contribution in [0.15, 0.2) is 29.2 Å². The molecular formula is C11H15NO3S2. The number of benzene rings is 1. The lowest BCUT2D eigenvalue weighted by Gasteiger charge is -2.12. The quantitative estimate of drug-likeness (QED) is 0.833. The van der Waals surface area contributed by atoms with E-state index < -0.39 is 15.9 Å². The topological polar surface area (TPSA) is 80.4 Å². The van der Waals surface area contributed by atoms with E-state index in [9.17, 15) is 13.5 Å². The van der Waals surface area contributed by atoms with Crippen LogP contribution in [0.5, 0.6) is 0 Å². The maximum atomic E-state index is 11.4. The van der Waals surface area contributed by atoms with E-state index in [0.717, 1.165) is 10.5 Å². The molecule has 3 N–H and O–H groups in total. The fourth-order valence-electron chi connectivity index (χ4n) is 1.83. The number of hydrogen-bond acceptors (Lipinski definition) is 5. The second-order valence-electron chi connectivity index (χ2n) is 4.15. The number of rotatable bonds is 3. The van der Waals surface area contributed by atoms with Crippen molar-refractivity contribution in [2.75, 3.05) is 11.5 Å². The minimum atomic E-state index is -3.08. The molecular weight excluding hydrogens is 258 g/mol. The van der Waals surface area contributed by atoms with Gasteiger partial charge in [-0.25, -0.2) is 8.42 Å². The van der Waals surface area contributed by atoms with Crippen molar-refractivity contribution in [2.45, 2.75) is 22.8 Å². The summed E-state index contributed by atoms with van der Waals surface area (Å²) < 4.78 is 22.7. The molecule has 1 fully saturated rings. The molecule has 2 rings (SSSR count). The minimum Gasteiger partial charge on any atom is -0.391 e. The van der Waals surface area contributed by atoms with Crippen LogP contribution in [0.2, 0.25) is 0 Å². The first-order chi connectivity index (χ1) is 8.00. The van der Waals surface area contributed by atoms with E-state index >= 15 is 0 Å². The van der Waals surface area contributed by atoms with Crippen LogP contribution in [0.3, 0.4) is 0 Å². The van der Waals surface area contributed by atoms with Crippen molar-refractivity contribution < 1.29 is 13.5 Å². The summed E-state index contributed by atoms with van der Waals surface area (Å²) in [5, 5.41) is 9.42. The molecule has 0 radical (unpaired) electrons. The molecule has 1 saturated heterocycles. The molecule has 1 heterocycles. The highest BCUT2D eigenvalue weighted by molar-refractivity contribution is 8.02. The molecule has 0 aliphatic carbocycles. The monoisotopic (exact) mass is 273 g/mol. The van der Waals surface area contributed by atoms with Gasteiger partial charge in [0.15, 0.2) is 9.84 Å². The molecule has 2 atom stereocenters. The zero-order chi connectivity index (χ0) is 12.5. The Labute approximate surface area is 105 Å². The number of aliphatic hydroxyl groups is 1. The Hall–Kier alpha value is -0.560. The standard InChI is InChI=1S/C11H15NO3S2/c12-5-8-2-1-3-9(4-8)16-11-7-17(14,15)6-10(11)13/h1-4,10-11,13H,5-7,12H2. The summed E-state index contributed by atoms with van der Waals surface area (Å²) in [6.07, 6.45) is -0.772. The third-order valence-corrected chi connectivity index (χ3v) is 5.93. The van der Waals surface area contributed by atoms with Gasteiger partial charge in [-0.05, 0) is 17.7 Å². The lowest BCUT2D eigenvalue weighted by atomic mass is 10.2. The molecule has 2 unspecified atom stereocenters. The number of sulfone groups is 1. The lowest BCUT2D eigenvalue weighted by molar-refractivity contribution is 0.207. The largest absolute Gasteiger partial charge is 0.391 e. The molecule has 0 saturated carbocycles. The Morgan fingerprint density at radius 2 is 2.18 bits per heavy atom. The first-order valence-corrected chi connectivity index (χ1v) is 8.04. The van der Waals surface area contributed by atoms with Gasteiger partial charge in [-0.15, -0.1) is 11.8 Å². The molecule has 4 nitrogen and oxygen atoms in total. The summed E-state index contributed by atoms with van der Waals surface area (Å²) in [4.78, 5) is 0.953. The fraction of sp³-hybridized carbons (Fsp3) is 0.455. The van der Waals surface area contributed by atoms with Crippen molar-refractivity contribution in [1.82, 2.24) is 0 Å². The zero-order valence-corrected chi connectivity index (χ0v) is 10.9. The van der Waals surface area contributed by atoms with Crippen molar-refractivity contribution in [3.05, 3.63) is 29.8 Å². The second-order valence-corrected chi connectivity index (χ2v) is 7.62. The maximum absolute atomic E-state index is 11.4. The third kappa shape index (κ3) is 3.22. The zero-order valence-electron chi connectivity index (χ0n) is 9.24. The van der Waals surface area contributed by atoms with Crippen molar-refractivity contribution in [3.8, 4) is 0 Å². The summed E-state index contributed by atoms with van der Waals surface area (Å²) in [5.74, 6) is -0.0765. The van der Waals surface area contributed by atoms with Gasteiger partial charge in [-0.1, -0.05) is 12.1 Å². The van der Waals surface area contributed by atoms with Gasteiger partial charge in [-0.3, -0.25) is 0 Å². The maximum Gasteiger partial charge on any atom is 0.154 e. The molecule has 94 valence electrons. The van der Waals surface area contributed by atoms with Crippen LogP contribution in [-0.2, 0) is 16.4 Å². The van der Waals surface area contributed by atoms with Gasteiger partial charge in [0.2, 0.25) is 0 Å². The molecule has 0 bridgehead atoms. The van der Waals surface area contributed by atoms with E-state index in [1.54, 1.807) is 0 Å². The van der Waals surface area contributed by atoms with Crippen LogP contribution >= 0.6 is 11.8 Å².